The molecule has 7 heteroatoms. The number of benzene rings is 1. The number of likely N-dealkylation sites (tertiary alicyclic amines) is 1. The van der Waals surface area contributed by atoms with Crippen molar-refractivity contribution in [2.45, 2.75) is 38.6 Å². The van der Waals surface area contributed by atoms with Crippen molar-refractivity contribution in [2.24, 2.45) is 0 Å². The Morgan fingerprint density at radius 3 is 2.76 bits per heavy atom. The van der Waals surface area contributed by atoms with Crippen LogP contribution >= 0.6 is 0 Å². The maximum Gasteiger partial charge on any atom is 0.227 e. The summed E-state index contributed by atoms with van der Waals surface area (Å²) in [5, 5.41) is 4.01. The molecule has 0 saturated carbocycles. The van der Waals surface area contributed by atoms with Crippen LogP contribution in [-0.4, -0.2) is 83.7 Å². The molecule has 0 spiro atoms. The summed E-state index contributed by atoms with van der Waals surface area (Å²) in [4.78, 5) is 12.1. The quantitative estimate of drug-likeness (QED) is 0.742. The maximum atomic E-state index is 13.7. The van der Waals surface area contributed by atoms with E-state index >= 15 is 0 Å². The fourth-order valence-corrected chi connectivity index (χ4v) is 4.45. The van der Waals surface area contributed by atoms with Gasteiger partial charge in [0.2, 0.25) is 11.7 Å². The molecular weight excluding hydrogens is 369 g/mol. The summed E-state index contributed by atoms with van der Waals surface area (Å²) in [6.45, 7) is 9.86. The topological polar surface area (TPSA) is 48.6 Å². The third kappa shape index (κ3) is 5.21. The summed E-state index contributed by atoms with van der Waals surface area (Å²) in [5.41, 5.74) is 1.28. The molecule has 2 aliphatic heterocycles. The van der Waals surface area contributed by atoms with Crippen molar-refractivity contribution in [3.8, 4) is 11.4 Å². The first-order valence-corrected chi connectivity index (χ1v) is 10.8. The zero-order valence-electron chi connectivity index (χ0n) is 17.6. The Bertz CT molecular complexity index is 802. The summed E-state index contributed by atoms with van der Waals surface area (Å²) in [6.07, 6.45) is 4.42. The largest absolute Gasteiger partial charge is 0.339 e. The van der Waals surface area contributed by atoms with Crippen LogP contribution in [-0.2, 0) is 6.42 Å². The number of rotatable bonds is 6. The predicted molar refractivity (Wildman–Crippen MR) is 111 cm³/mol. The molecule has 0 N–H and O–H groups in total. The van der Waals surface area contributed by atoms with Crippen molar-refractivity contribution < 1.29 is 8.91 Å². The monoisotopic (exact) mass is 401 g/mol. The summed E-state index contributed by atoms with van der Waals surface area (Å²) >= 11 is 0. The Hall–Kier alpha value is -1.83. The normalized spacial score (nSPS) is 22.2. The van der Waals surface area contributed by atoms with Gasteiger partial charge >= 0.3 is 0 Å². The Balaban J connectivity index is 1.20. The smallest absolute Gasteiger partial charge is 0.227 e. The van der Waals surface area contributed by atoms with Gasteiger partial charge in [0.15, 0.2) is 0 Å². The van der Waals surface area contributed by atoms with Gasteiger partial charge in [-0.1, -0.05) is 17.3 Å². The van der Waals surface area contributed by atoms with Crippen molar-refractivity contribution in [3.05, 3.63) is 35.5 Å². The highest BCUT2D eigenvalue weighted by atomic mass is 19.1. The van der Waals surface area contributed by atoms with Crippen LogP contribution in [0.2, 0.25) is 0 Å². The second-order valence-corrected chi connectivity index (χ2v) is 8.52. The van der Waals surface area contributed by atoms with Gasteiger partial charge in [0.25, 0.3) is 0 Å². The molecule has 6 nitrogen and oxygen atoms in total. The van der Waals surface area contributed by atoms with Crippen molar-refractivity contribution in [3.63, 3.8) is 0 Å². The highest BCUT2D eigenvalue weighted by Crippen LogP contribution is 2.20. The number of piperazine rings is 1. The van der Waals surface area contributed by atoms with Crippen LogP contribution in [0.25, 0.3) is 11.4 Å². The summed E-state index contributed by atoms with van der Waals surface area (Å²) in [7, 11) is 2.24. The molecule has 3 heterocycles. The first-order valence-electron chi connectivity index (χ1n) is 10.8. The number of hydrogen-bond donors (Lipinski definition) is 0. The lowest BCUT2D eigenvalue weighted by atomic mass is 10.0. The minimum Gasteiger partial charge on any atom is -0.339 e. The number of piperidine rings is 1. The van der Waals surface area contributed by atoms with Gasteiger partial charge in [-0.25, -0.2) is 4.39 Å². The Kier molecular flexibility index (Phi) is 6.57. The van der Waals surface area contributed by atoms with Crippen molar-refractivity contribution in [1.29, 1.82) is 0 Å². The van der Waals surface area contributed by atoms with E-state index < -0.39 is 0 Å². The van der Waals surface area contributed by atoms with Crippen LogP contribution in [0.5, 0.6) is 0 Å². The van der Waals surface area contributed by atoms with Gasteiger partial charge in [0.1, 0.15) is 5.82 Å². The third-order valence-corrected chi connectivity index (χ3v) is 6.29. The minimum absolute atomic E-state index is 0.243. The van der Waals surface area contributed by atoms with Crippen LogP contribution in [0.15, 0.2) is 22.7 Å². The molecule has 0 amide bonds. The van der Waals surface area contributed by atoms with E-state index in [-0.39, 0.29) is 5.82 Å². The van der Waals surface area contributed by atoms with Crippen molar-refractivity contribution in [2.75, 3.05) is 52.9 Å². The molecule has 2 saturated heterocycles. The minimum atomic E-state index is -0.243. The molecule has 158 valence electrons. The fraction of sp³-hybridized carbons (Fsp3) is 0.636. The first kappa shape index (κ1) is 20.4. The molecule has 0 radical (unpaired) electrons. The van der Waals surface area contributed by atoms with E-state index in [4.69, 9.17) is 4.52 Å². The molecule has 2 fully saturated rings. The molecule has 0 aliphatic carbocycles. The molecule has 2 aromatic rings. The van der Waals surface area contributed by atoms with E-state index in [1.54, 1.807) is 13.0 Å². The number of halogens is 1. The van der Waals surface area contributed by atoms with Crippen LogP contribution in [0, 0.1) is 12.7 Å². The van der Waals surface area contributed by atoms with Gasteiger partial charge in [0, 0.05) is 50.7 Å². The van der Waals surface area contributed by atoms with Crippen LogP contribution < -0.4 is 0 Å². The molecule has 29 heavy (non-hydrogen) atoms. The Labute approximate surface area is 172 Å². The maximum absolute atomic E-state index is 13.7. The van der Waals surface area contributed by atoms with Gasteiger partial charge in [-0.2, -0.15) is 4.98 Å². The average molecular weight is 402 g/mol. The lowest BCUT2D eigenvalue weighted by molar-refractivity contribution is 0.0590. The Morgan fingerprint density at radius 2 is 2.00 bits per heavy atom. The molecule has 4 rings (SSSR count). The summed E-state index contributed by atoms with van der Waals surface area (Å²) in [5.74, 6) is 0.850. The van der Waals surface area contributed by atoms with Gasteiger partial charge in [-0.05, 0) is 58.0 Å². The number of likely N-dealkylation sites (N-methyl/N-ethyl adjacent to an activating group) is 1. The number of aromatic nitrogens is 2. The molecular formula is C22H32FN5O. The zero-order chi connectivity index (χ0) is 20.2. The summed E-state index contributed by atoms with van der Waals surface area (Å²) < 4.78 is 19.1. The van der Waals surface area contributed by atoms with Gasteiger partial charge in [-0.3, -0.25) is 4.90 Å². The predicted octanol–water partition coefficient (Wildman–Crippen LogP) is 2.83. The molecule has 1 unspecified atom stereocenters. The van der Waals surface area contributed by atoms with Crippen molar-refractivity contribution >= 4 is 0 Å². The molecule has 1 aromatic carbocycles. The Morgan fingerprint density at radius 1 is 1.17 bits per heavy atom. The molecule has 1 aromatic heterocycles. The van der Waals surface area contributed by atoms with E-state index in [1.807, 2.05) is 6.07 Å². The van der Waals surface area contributed by atoms with E-state index in [0.717, 1.165) is 38.5 Å². The van der Waals surface area contributed by atoms with Gasteiger partial charge < -0.3 is 14.3 Å². The van der Waals surface area contributed by atoms with E-state index in [9.17, 15) is 4.39 Å². The highest BCUT2D eigenvalue weighted by Gasteiger charge is 2.26. The van der Waals surface area contributed by atoms with Crippen LogP contribution in [0.1, 0.15) is 30.7 Å². The highest BCUT2D eigenvalue weighted by molar-refractivity contribution is 5.54. The number of nitrogens with zero attached hydrogens (tertiary/aromatic N) is 5. The van der Waals surface area contributed by atoms with Gasteiger partial charge in [-0.15, -0.1) is 0 Å². The van der Waals surface area contributed by atoms with Crippen molar-refractivity contribution in [1.82, 2.24) is 24.8 Å². The van der Waals surface area contributed by atoms with Crippen LogP contribution in [0.3, 0.4) is 0 Å². The van der Waals surface area contributed by atoms with E-state index in [0.29, 0.717) is 22.8 Å². The second-order valence-electron chi connectivity index (χ2n) is 8.52. The third-order valence-electron chi connectivity index (χ3n) is 6.29. The lowest BCUT2D eigenvalue weighted by Gasteiger charge is -2.42. The zero-order valence-corrected chi connectivity index (χ0v) is 17.6. The molecule has 2 aliphatic rings. The molecule has 0 bridgehead atoms. The number of hydrogen-bond acceptors (Lipinski definition) is 6. The summed E-state index contributed by atoms with van der Waals surface area (Å²) in [6, 6.07) is 5.77. The fourth-order valence-electron chi connectivity index (χ4n) is 4.45. The average Bonchev–Trinajstić information content (AvgIpc) is 3.19. The second kappa shape index (κ2) is 9.32. The number of aryl methyl sites for hydroxylation is 2. The standard InChI is InChI=1S/C22H32FN5O/c1-17-7-8-18(15-20(17)23)22-24-21(29-25-22)6-4-10-27-11-13-28(14-12-27)19-5-3-9-26(2)16-19/h7-8,15,19H,3-6,9-14,16H2,1-2H3. The molecule has 1 atom stereocenters. The van der Waals surface area contributed by atoms with E-state index in [1.165, 1.54) is 45.1 Å². The first-order chi connectivity index (χ1) is 14.1. The van der Waals surface area contributed by atoms with Gasteiger partial charge in [0.05, 0.1) is 0 Å². The van der Waals surface area contributed by atoms with Crippen LogP contribution in [0.4, 0.5) is 4.39 Å². The van der Waals surface area contributed by atoms with E-state index in [2.05, 4.69) is 31.9 Å². The lowest BCUT2D eigenvalue weighted by Crippen LogP contribution is -2.54. The SMILES string of the molecule is Cc1ccc(-c2noc(CCCN3CCN(C4CCCN(C)C4)CC3)n2)cc1F.